The number of rotatable bonds is 3. The van der Waals surface area contributed by atoms with Gasteiger partial charge >= 0.3 is 5.97 Å². The van der Waals surface area contributed by atoms with Gasteiger partial charge in [-0.25, -0.2) is 13.6 Å². The molecule has 0 radical (unpaired) electrons. The summed E-state index contributed by atoms with van der Waals surface area (Å²) in [4.78, 5) is 23.5. The van der Waals surface area contributed by atoms with Gasteiger partial charge in [0.25, 0.3) is 5.91 Å². The van der Waals surface area contributed by atoms with Crippen LogP contribution in [0.3, 0.4) is 0 Å². The van der Waals surface area contributed by atoms with Gasteiger partial charge < -0.3 is 10.1 Å². The van der Waals surface area contributed by atoms with Crippen molar-refractivity contribution in [3.8, 4) is 0 Å². The molecule has 0 saturated carbocycles. The van der Waals surface area contributed by atoms with Gasteiger partial charge in [0.1, 0.15) is 11.6 Å². The van der Waals surface area contributed by atoms with Crippen LogP contribution < -0.4 is 5.32 Å². The number of nitrogens with one attached hydrogen (secondary N) is 1. The number of ether oxygens (including phenoxy) is 1. The Labute approximate surface area is 140 Å². The molecule has 1 N–H and O–H groups in total. The Balaban J connectivity index is 2.33. The minimum atomic E-state index is -1.10. The quantitative estimate of drug-likeness (QED) is 0.830. The van der Waals surface area contributed by atoms with Crippen LogP contribution in [-0.4, -0.2) is 19.0 Å². The van der Waals surface area contributed by atoms with Crippen LogP contribution in [0.25, 0.3) is 0 Å². The lowest BCUT2D eigenvalue weighted by Gasteiger charge is -2.09. The van der Waals surface area contributed by atoms with Crippen molar-refractivity contribution < 1.29 is 23.1 Å². The number of hydrogen-bond donors (Lipinski definition) is 1. The molecule has 8 heteroatoms. The van der Waals surface area contributed by atoms with Crippen LogP contribution in [0.1, 0.15) is 20.7 Å². The predicted octanol–water partition coefficient (Wildman–Crippen LogP) is 4.31. The normalized spacial score (nSPS) is 10.3. The number of carbonyl (C=O) groups is 2. The molecule has 2 aromatic rings. The van der Waals surface area contributed by atoms with Crippen molar-refractivity contribution in [2.45, 2.75) is 0 Å². The van der Waals surface area contributed by atoms with Gasteiger partial charge in [0.05, 0.1) is 28.4 Å². The Morgan fingerprint density at radius 2 is 1.74 bits per heavy atom. The average molecular weight is 360 g/mol. The summed E-state index contributed by atoms with van der Waals surface area (Å²) in [5.41, 5.74) is -0.760. The molecule has 0 aliphatic carbocycles. The highest BCUT2D eigenvalue weighted by molar-refractivity contribution is 6.42. The fraction of sp³-hybridized carbons (Fsp3) is 0.0667. The number of carbonyl (C=O) groups excluding carboxylic acids is 2. The van der Waals surface area contributed by atoms with E-state index < -0.39 is 29.1 Å². The van der Waals surface area contributed by atoms with Crippen molar-refractivity contribution in [2.24, 2.45) is 0 Å². The van der Waals surface area contributed by atoms with Crippen LogP contribution in [-0.2, 0) is 4.74 Å². The highest BCUT2D eigenvalue weighted by atomic mass is 35.5. The second-order valence-electron chi connectivity index (χ2n) is 4.39. The van der Waals surface area contributed by atoms with Gasteiger partial charge in [-0.05, 0) is 24.3 Å². The molecular weight excluding hydrogens is 351 g/mol. The van der Waals surface area contributed by atoms with E-state index in [1.807, 2.05) is 0 Å². The van der Waals surface area contributed by atoms with Gasteiger partial charge in [-0.1, -0.05) is 23.2 Å². The second-order valence-corrected chi connectivity index (χ2v) is 5.20. The fourth-order valence-electron chi connectivity index (χ4n) is 1.74. The van der Waals surface area contributed by atoms with E-state index in [2.05, 4.69) is 10.1 Å². The Morgan fingerprint density at radius 3 is 2.35 bits per heavy atom. The van der Waals surface area contributed by atoms with Gasteiger partial charge in [-0.3, -0.25) is 4.79 Å². The summed E-state index contributed by atoms with van der Waals surface area (Å²) < 4.78 is 31.7. The van der Waals surface area contributed by atoms with E-state index in [1.165, 1.54) is 18.2 Å². The average Bonchev–Trinajstić information content (AvgIpc) is 2.51. The lowest BCUT2D eigenvalue weighted by molar-refractivity contribution is 0.0595. The minimum Gasteiger partial charge on any atom is -0.465 e. The lowest BCUT2D eigenvalue weighted by atomic mass is 10.1. The largest absolute Gasteiger partial charge is 0.465 e. The molecule has 0 bridgehead atoms. The first-order chi connectivity index (χ1) is 10.8. The van der Waals surface area contributed by atoms with Crippen molar-refractivity contribution in [3.63, 3.8) is 0 Å². The maximum absolute atomic E-state index is 13.8. The van der Waals surface area contributed by atoms with E-state index >= 15 is 0 Å². The smallest absolute Gasteiger partial charge is 0.340 e. The summed E-state index contributed by atoms with van der Waals surface area (Å²) in [6, 6.07) is 5.41. The zero-order valence-corrected chi connectivity index (χ0v) is 13.1. The summed E-state index contributed by atoms with van der Waals surface area (Å²) in [7, 11) is 1.05. The fourth-order valence-corrected chi connectivity index (χ4v) is 2.04. The van der Waals surface area contributed by atoms with E-state index in [-0.39, 0.29) is 21.3 Å². The third-order valence-electron chi connectivity index (χ3n) is 2.89. The minimum absolute atomic E-state index is 0.114. The number of benzene rings is 2. The Morgan fingerprint density at radius 1 is 1.04 bits per heavy atom. The third kappa shape index (κ3) is 3.78. The third-order valence-corrected chi connectivity index (χ3v) is 3.63. The summed E-state index contributed by atoms with van der Waals surface area (Å²) in [5.74, 6) is -3.83. The molecule has 0 aromatic heterocycles. The molecule has 0 atom stereocenters. The van der Waals surface area contributed by atoms with E-state index in [0.29, 0.717) is 6.07 Å². The van der Waals surface area contributed by atoms with Crippen LogP contribution in [0.4, 0.5) is 14.5 Å². The molecule has 0 fully saturated rings. The van der Waals surface area contributed by atoms with E-state index in [4.69, 9.17) is 23.2 Å². The van der Waals surface area contributed by atoms with Crippen molar-refractivity contribution in [2.75, 3.05) is 12.4 Å². The summed E-state index contributed by atoms with van der Waals surface area (Å²) >= 11 is 11.5. The molecule has 120 valence electrons. The summed E-state index contributed by atoms with van der Waals surface area (Å²) in [6.07, 6.45) is 0. The Bertz CT molecular complexity index is 797. The molecule has 2 aromatic carbocycles. The molecule has 0 spiro atoms. The van der Waals surface area contributed by atoms with Crippen molar-refractivity contribution in [1.29, 1.82) is 0 Å². The van der Waals surface area contributed by atoms with Crippen LogP contribution >= 0.6 is 23.2 Å². The lowest BCUT2D eigenvalue weighted by Crippen LogP contribution is -2.15. The van der Waals surface area contributed by atoms with Crippen LogP contribution in [0, 0.1) is 11.6 Å². The van der Waals surface area contributed by atoms with Gasteiger partial charge in [-0.15, -0.1) is 0 Å². The van der Waals surface area contributed by atoms with Crippen LogP contribution in [0.2, 0.25) is 10.0 Å². The second kappa shape index (κ2) is 6.93. The van der Waals surface area contributed by atoms with E-state index in [0.717, 1.165) is 13.2 Å². The van der Waals surface area contributed by atoms with Crippen molar-refractivity contribution in [3.05, 3.63) is 63.1 Å². The maximum Gasteiger partial charge on any atom is 0.340 e. The maximum atomic E-state index is 13.8. The van der Waals surface area contributed by atoms with E-state index in [9.17, 15) is 18.4 Å². The number of hydrogen-bond acceptors (Lipinski definition) is 3. The first-order valence-corrected chi connectivity index (χ1v) is 6.93. The number of methoxy groups -OCH3 is 1. The Hall–Kier alpha value is -2.18. The standard InChI is InChI=1S/C15H9Cl2F2NO3/c1-23-15(22)8-5-13(12(19)6-11(8)18)20-14(21)7-2-3-9(16)10(17)4-7/h2-6H,1H3,(H,20,21). The molecule has 0 saturated heterocycles. The van der Waals surface area contributed by atoms with Crippen molar-refractivity contribution in [1.82, 2.24) is 0 Å². The highest BCUT2D eigenvalue weighted by Gasteiger charge is 2.18. The molecule has 4 nitrogen and oxygen atoms in total. The molecule has 0 aliphatic heterocycles. The monoisotopic (exact) mass is 359 g/mol. The molecule has 0 heterocycles. The number of amides is 1. The molecule has 1 amide bonds. The number of anilines is 1. The van der Waals surface area contributed by atoms with E-state index in [1.54, 1.807) is 0 Å². The van der Waals surface area contributed by atoms with Crippen LogP contribution in [0.15, 0.2) is 30.3 Å². The molecule has 2 rings (SSSR count). The summed E-state index contributed by atoms with van der Waals surface area (Å²) in [5, 5.41) is 2.63. The molecule has 0 unspecified atom stereocenters. The molecular formula is C15H9Cl2F2NO3. The number of esters is 1. The highest BCUT2D eigenvalue weighted by Crippen LogP contribution is 2.24. The van der Waals surface area contributed by atoms with Crippen molar-refractivity contribution >= 4 is 40.8 Å². The topological polar surface area (TPSA) is 55.4 Å². The Kier molecular flexibility index (Phi) is 5.18. The first-order valence-electron chi connectivity index (χ1n) is 6.17. The summed E-state index contributed by atoms with van der Waals surface area (Å²) in [6.45, 7) is 0. The first kappa shape index (κ1) is 17.2. The van der Waals surface area contributed by atoms with Gasteiger partial charge in [0.2, 0.25) is 0 Å². The molecule has 0 aliphatic rings. The SMILES string of the molecule is COC(=O)c1cc(NC(=O)c2ccc(Cl)c(Cl)c2)c(F)cc1F. The van der Waals surface area contributed by atoms with Gasteiger partial charge in [-0.2, -0.15) is 0 Å². The zero-order valence-electron chi connectivity index (χ0n) is 11.6. The van der Waals surface area contributed by atoms with Gasteiger partial charge in [0, 0.05) is 11.6 Å². The predicted molar refractivity (Wildman–Crippen MR) is 82.1 cm³/mol. The van der Waals surface area contributed by atoms with Crippen LogP contribution in [0.5, 0.6) is 0 Å². The molecule has 23 heavy (non-hydrogen) atoms. The zero-order chi connectivity index (χ0) is 17.1. The van der Waals surface area contributed by atoms with Gasteiger partial charge in [0.15, 0.2) is 0 Å². The number of halogens is 4.